The lowest BCUT2D eigenvalue weighted by atomic mass is 10.0. The molecule has 0 spiro atoms. The predicted octanol–water partition coefficient (Wildman–Crippen LogP) is 4.41. The zero-order valence-corrected chi connectivity index (χ0v) is 12.5. The summed E-state index contributed by atoms with van der Waals surface area (Å²) in [6, 6.07) is 14.0. The van der Waals surface area contributed by atoms with E-state index in [-0.39, 0.29) is 5.78 Å². The normalized spacial score (nSPS) is 15.7. The van der Waals surface area contributed by atoms with Gasteiger partial charge in [-0.2, -0.15) is 0 Å². The molecule has 2 nitrogen and oxygen atoms in total. The molecule has 1 heterocycles. The van der Waals surface area contributed by atoms with Gasteiger partial charge >= 0.3 is 0 Å². The summed E-state index contributed by atoms with van der Waals surface area (Å²) in [5, 5.41) is 2.16. The van der Waals surface area contributed by atoms with E-state index in [2.05, 4.69) is 24.0 Å². The number of rotatable bonds is 4. The molecule has 0 atom stereocenters. The van der Waals surface area contributed by atoms with E-state index in [1.165, 1.54) is 18.5 Å². The van der Waals surface area contributed by atoms with Crippen LogP contribution in [0.2, 0.25) is 0 Å². The van der Waals surface area contributed by atoms with Gasteiger partial charge in [-0.15, -0.1) is 0 Å². The summed E-state index contributed by atoms with van der Waals surface area (Å²) in [5.74, 6) is 0.121. The number of allylic oxidation sites excluding steroid dienone is 2. The monoisotopic (exact) mass is 279 g/mol. The summed E-state index contributed by atoms with van der Waals surface area (Å²) in [5.41, 5.74) is 1.98. The number of carbonyl (C=O) groups is 1. The molecule has 2 aromatic carbocycles. The molecule has 0 aliphatic carbocycles. The van der Waals surface area contributed by atoms with E-state index >= 15 is 0 Å². The van der Waals surface area contributed by atoms with E-state index < -0.39 is 0 Å². The van der Waals surface area contributed by atoms with Crippen LogP contribution >= 0.6 is 0 Å². The molecule has 0 N–H and O–H groups in total. The van der Waals surface area contributed by atoms with Gasteiger partial charge < -0.3 is 4.90 Å². The maximum absolute atomic E-state index is 12.7. The molecule has 0 radical (unpaired) electrons. The third kappa shape index (κ3) is 2.85. The Bertz CT molecular complexity index is 676. The van der Waals surface area contributed by atoms with Gasteiger partial charge in [-0.3, -0.25) is 4.79 Å². The van der Waals surface area contributed by atoms with Crippen molar-refractivity contribution < 1.29 is 4.79 Å². The van der Waals surface area contributed by atoms with Gasteiger partial charge in [0.15, 0.2) is 5.78 Å². The van der Waals surface area contributed by atoms with Crippen LogP contribution < -0.4 is 0 Å². The van der Waals surface area contributed by atoms with Gasteiger partial charge in [-0.25, -0.2) is 0 Å². The standard InChI is InChI=1S/C19H21NO/c1-2-16(20-12-5-6-13-20)14-19(21)18-11-7-9-15-8-3-4-10-17(15)18/h3-4,7-11,14H,2,5-6,12-13H2,1H3/b16-14+. The SMILES string of the molecule is CC/C(=C\C(=O)c1cccc2ccccc12)N1CCCC1. The largest absolute Gasteiger partial charge is 0.375 e. The van der Waals surface area contributed by atoms with Crippen LogP contribution in [0, 0.1) is 0 Å². The van der Waals surface area contributed by atoms with Crippen LogP contribution in [-0.2, 0) is 0 Å². The molecule has 1 saturated heterocycles. The number of hydrogen-bond donors (Lipinski definition) is 0. The lowest BCUT2D eigenvalue weighted by Crippen LogP contribution is -2.19. The molecule has 108 valence electrons. The second-order valence-electron chi connectivity index (χ2n) is 5.57. The minimum Gasteiger partial charge on any atom is -0.375 e. The second-order valence-corrected chi connectivity index (χ2v) is 5.57. The van der Waals surface area contributed by atoms with Crippen molar-refractivity contribution in [2.45, 2.75) is 26.2 Å². The molecule has 0 bridgehead atoms. The Kier molecular flexibility index (Phi) is 4.05. The van der Waals surface area contributed by atoms with Crippen LogP contribution in [0.5, 0.6) is 0 Å². The average Bonchev–Trinajstić information content (AvgIpc) is 3.06. The van der Waals surface area contributed by atoms with Gasteiger partial charge in [-0.1, -0.05) is 49.4 Å². The van der Waals surface area contributed by atoms with Crippen molar-refractivity contribution in [3.8, 4) is 0 Å². The maximum Gasteiger partial charge on any atom is 0.188 e. The quantitative estimate of drug-likeness (QED) is 0.610. The lowest BCUT2D eigenvalue weighted by molar-refractivity contribution is 0.104. The van der Waals surface area contributed by atoms with E-state index in [9.17, 15) is 4.79 Å². The highest BCUT2D eigenvalue weighted by Gasteiger charge is 2.15. The van der Waals surface area contributed by atoms with Crippen LogP contribution in [0.25, 0.3) is 10.8 Å². The van der Waals surface area contributed by atoms with Crippen LogP contribution in [0.15, 0.2) is 54.2 Å². The average molecular weight is 279 g/mol. The van der Waals surface area contributed by atoms with Crippen molar-refractivity contribution in [1.29, 1.82) is 0 Å². The van der Waals surface area contributed by atoms with E-state index in [0.29, 0.717) is 0 Å². The third-order valence-corrected chi connectivity index (χ3v) is 4.23. The van der Waals surface area contributed by atoms with Crippen LogP contribution in [0.4, 0.5) is 0 Å². The zero-order chi connectivity index (χ0) is 14.7. The number of benzene rings is 2. The number of likely N-dealkylation sites (tertiary alicyclic amines) is 1. The van der Waals surface area contributed by atoms with Gasteiger partial charge in [0.2, 0.25) is 0 Å². The van der Waals surface area contributed by atoms with Gasteiger partial charge in [0.25, 0.3) is 0 Å². The van der Waals surface area contributed by atoms with Crippen molar-refractivity contribution in [2.24, 2.45) is 0 Å². The molecule has 1 aliphatic rings. The molecule has 21 heavy (non-hydrogen) atoms. The number of nitrogens with zero attached hydrogens (tertiary/aromatic N) is 1. The molecule has 0 saturated carbocycles. The van der Waals surface area contributed by atoms with Crippen molar-refractivity contribution in [3.05, 3.63) is 59.8 Å². The number of ketones is 1. The van der Waals surface area contributed by atoms with E-state index in [0.717, 1.165) is 35.8 Å². The van der Waals surface area contributed by atoms with Gasteiger partial charge in [0.1, 0.15) is 0 Å². The van der Waals surface area contributed by atoms with E-state index in [1.807, 2.05) is 36.4 Å². The highest BCUT2D eigenvalue weighted by Crippen LogP contribution is 2.22. The third-order valence-electron chi connectivity index (χ3n) is 4.23. The molecule has 1 fully saturated rings. The molecule has 3 rings (SSSR count). The molecule has 0 amide bonds. The number of fused-ring (bicyclic) bond motifs is 1. The van der Waals surface area contributed by atoms with E-state index in [4.69, 9.17) is 0 Å². The van der Waals surface area contributed by atoms with Crippen LogP contribution in [-0.4, -0.2) is 23.8 Å². The highest BCUT2D eigenvalue weighted by molar-refractivity contribution is 6.13. The molecular weight excluding hydrogens is 258 g/mol. The van der Waals surface area contributed by atoms with Crippen molar-refractivity contribution >= 4 is 16.6 Å². The van der Waals surface area contributed by atoms with Crippen molar-refractivity contribution in [1.82, 2.24) is 4.90 Å². The summed E-state index contributed by atoms with van der Waals surface area (Å²) in [6.07, 6.45) is 5.23. The molecule has 1 aliphatic heterocycles. The van der Waals surface area contributed by atoms with Crippen molar-refractivity contribution in [2.75, 3.05) is 13.1 Å². The molecule has 0 unspecified atom stereocenters. The van der Waals surface area contributed by atoms with Crippen LogP contribution in [0.1, 0.15) is 36.5 Å². The Hall–Kier alpha value is -2.09. The van der Waals surface area contributed by atoms with Gasteiger partial charge in [-0.05, 0) is 30.0 Å². The fourth-order valence-electron chi connectivity index (χ4n) is 3.09. The molecular formula is C19H21NO. The maximum atomic E-state index is 12.7. The first-order valence-electron chi connectivity index (χ1n) is 7.77. The Balaban J connectivity index is 1.96. The second kappa shape index (κ2) is 6.13. The topological polar surface area (TPSA) is 20.3 Å². The fourth-order valence-corrected chi connectivity index (χ4v) is 3.09. The first-order chi connectivity index (χ1) is 10.3. The van der Waals surface area contributed by atoms with Gasteiger partial charge in [0.05, 0.1) is 0 Å². The summed E-state index contributed by atoms with van der Waals surface area (Å²) in [4.78, 5) is 15.0. The number of carbonyl (C=O) groups excluding carboxylic acids is 1. The summed E-state index contributed by atoms with van der Waals surface area (Å²) in [6.45, 7) is 4.30. The smallest absolute Gasteiger partial charge is 0.188 e. The zero-order valence-electron chi connectivity index (χ0n) is 12.5. The first-order valence-corrected chi connectivity index (χ1v) is 7.77. The lowest BCUT2D eigenvalue weighted by Gasteiger charge is -2.20. The number of hydrogen-bond acceptors (Lipinski definition) is 2. The summed E-state index contributed by atoms with van der Waals surface area (Å²) in [7, 11) is 0. The van der Waals surface area contributed by atoms with Crippen LogP contribution in [0.3, 0.4) is 0 Å². The Morgan fingerprint density at radius 2 is 1.81 bits per heavy atom. The van der Waals surface area contributed by atoms with Gasteiger partial charge in [0, 0.05) is 30.4 Å². The summed E-state index contributed by atoms with van der Waals surface area (Å²) >= 11 is 0. The highest BCUT2D eigenvalue weighted by atomic mass is 16.1. The Labute approximate surface area is 126 Å². The molecule has 2 heteroatoms. The first kappa shape index (κ1) is 13.9. The molecule has 2 aromatic rings. The minimum absolute atomic E-state index is 0.121. The predicted molar refractivity (Wildman–Crippen MR) is 87.5 cm³/mol. The minimum atomic E-state index is 0.121. The van der Waals surface area contributed by atoms with Crippen molar-refractivity contribution in [3.63, 3.8) is 0 Å². The van der Waals surface area contributed by atoms with E-state index in [1.54, 1.807) is 0 Å². The summed E-state index contributed by atoms with van der Waals surface area (Å²) < 4.78 is 0. The molecule has 0 aromatic heterocycles. The Morgan fingerprint density at radius 3 is 2.57 bits per heavy atom. The Morgan fingerprint density at radius 1 is 1.10 bits per heavy atom. The fraction of sp³-hybridized carbons (Fsp3) is 0.316.